The van der Waals surface area contributed by atoms with Gasteiger partial charge in [-0.25, -0.2) is 0 Å². The highest BCUT2D eigenvalue weighted by molar-refractivity contribution is 7.99. The number of anilines is 1. The summed E-state index contributed by atoms with van der Waals surface area (Å²) in [5.41, 5.74) is -0.745. The molecule has 0 bridgehead atoms. The number of thioether (sulfide) groups is 1. The lowest BCUT2D eigenvalue weighted by Gasteiger charge is -2.12. The van der Waals surface area contributed by atoms with Crippen molar-refractivity contribution in [3.05, 3.63) is 71.0 Å². The third kappa shape index (κ3) is 7.19. The van der Waals surface area contributed by atoms with Crippen molar-refractivity contribution >= 4 is 40.9 Å². The Morgan fingerprint density at radius 2 is 1.87 bits per heavy atom. The van der Waals surface area contributed by atoms with Crippen LogP contribution in [-0.2, 0) is 24.1 Å². The predicted molar refractivity (Wildman–Crippen MR) is 137 cm³/mol. The number of alkyl halides is 3. The molecule has 202 valence electrons. The van der Waals surface area contributed by atoms with Gasteiger partial charge >= 0.3 is 6.18 Å². The molecule has 0 radical (unpaired) electrons. The van der Waals surface area contributed by atoms with E-state index in [1.54, 1.807) is 28.8 Å². The lowest BCUT2D eigenvalue weighted by molar-refractivity contribution is -0.137. The van der Waals surface area contributed by atoms with Crippen LogP contribution in [0.1, 0.15) is 21.7 Å². The molecule has 0 saturated carbocycles. The van der Waals surface area contributed by atoms with E-state index in [4.69, 9.17) is 21.1 Å². The second-order valence-electron chi connectivity index (χ2n) is 7.58. The zero-order valence-electron chi connectivity index (χ0n) is 20.3. The van der Waals surface area contributed by atoms with E-state index in [0.29, 0.717) is 28.0 Å². The van der Waals surface area contributed by atoms with Crippen molar-refractivity contribution in [1.29, 1.82) is 0 Å². The molecule has 2 amide bonds. The van der Waals surface area contributed by atoms with Crippen LogP contribution in [0, 0.1) is 0 Å². The fraction of sp³-hybridized carbons (Fsp3) is 0.250. The Kier molecular flexibility index (Phi) is 9.64. The van der Waals surface area contributed by atoms with Crippen molar-refractivity contribution in [2.45, 2.75) is 24.4 Å². The number of hydrogen-bond acceptors (Lipinski definition) is 7. The van der Waals surface area contributed by atoms with Gasteiger partial charge in [-0.15, -0.1) is 16.8 Å². The second kappa shape index (κ2) is 12.7. The molecule has 0 saturated heterocycles. The van der Waals surface area contributed by atoms with Gasteiger partial charge in [-0.3, -0.25) is 9.59 Å². The Labute approximate surface area is 225 Å². The summed E-state index contributed by atoms with van der Waals surface area (Å²) in [4.78, 5) is 25.1. The minimum absolute atomic E-state index is 0.0284. The maximum atomic E-state index is 13.0. The Morgan fingerprint density at radius 1 is 1.13 bits per heavy atom. The van der Waals surface area contributed by atoms with Crippen LogP contribution in [0.25, 0.3) is 0 Å². The fourth-order valence-electron chi connectivity index (χ4n) is 3.22. The van der Waals surface area contributed by atoms with Gasteiger partial charge in [0.05, 0.1) is 42.8 Å². The van der Waals surface area contributed by atoms with Crippen LogP contribution in [0.4, 0.5) is 18.9 Å². The van der Waals surface area contributed by atoms with Crippen molar-refractivity contribution in [3.8, 4) is 11.5 Å². The molecule has 0 aliphatic heterocycles. The Morgan fingerprint density at radius 3 is 2.53 bits per heavy atom. The van der Waals surface area contributed by atoms with Crippen LogP contribution < -0.4 is 20.1 Å². The number of halogens is 4. The molecule has 1 heterocycles. The minimum atomic E-state index is -4.58. The summed E-state index contributed by atoms with van der Waals surface area (Å²) < 4.78 is 51.0. The number of carbonyl (C=O) groups is 2. The SMILES string of the molecule is C=CCn1c(CNC(=O)c2ccc(OC)c(OC)c2)nnc1SCC(=O)Nc1cc(C(F)(F)F)ccc1Cl. The third-order valence-electron chi connectivity index (χ3n) is 5.06. The number of nitrogens with zero attached hydrogens (tertiary/aromatic N) is 3. The Hall–Kier alpha value is -3.71. The van der Waals surface area contributed by atoms with Crippen LogP contribution >= 0.6 is 23.4 Å². The maximum Gasteiger partial charge on any atom is 0.416 e. The van der Waals surface area contributed by atoms with Crippen LogP contribution in [0.5, 0.6) is 11.5 Å². The molecule has 0 atom stereocenters. The van der Waals surface area contributed by atoms with E-state index in [1.165, 1.54) is 14.2 Å². The number of ether oxygens (including phenoxy) is 2. The molecule has 38 heavy (non-hydrogen) atoms. The van der Waals surface area contributed by atoms with Gasteiger partial charge in [0.2, 0.25) is 5.91 Å². The maximum absolute atomic E-state index is 13.0. The number of carbonyl (C=O) groups excluding carboxylic acids is 2. The van der Waals surface area contributed by atoms with E-state index in [1.807, 2.05) is 0 Å². The summed E-state index contributed by atoms with van der Waals surface area (Å²) in [7, 11) is 2.95. The van der Waals surface area contributed by atoms with E-state index >= 15 is 0 Å². The smallest absolute Gasteiger partial charge is 0.416 e. The molecule has 0 fully saturated rings. The van der Waals surface area contributed by atoms with Gasteiger partial charge in [-0.1, -0.05) is 29.4 Å². The molecule has 0 aliphatic carbocycles. The molecular formula is C24H23ClF3N5O4S. The quantitative estimate of drug-likeness (QED) is 0.252. The molecule has 0 unspecified atom stereocenters. The second-order valence-corrected chi connectivity index (χ2v) is 8.93. The molecule has 3 aromatic rings. The minimum Gasteiger partial charge on any atom is -0.493 e. The summed E-state index contributed by atoms with van der Waals surface area (Å²) in [5, 5.41) is 13.6. The highest BCUT2D eigenvalue weighted by atomic mass is 35.5. The average molecular weight is 570 g/mol. The predicted octanol–water partition coefficient (Wildman–Crippen LogP) is 4.81. The highest BCUT2D eigenvalue weighted by Gasteiger charge is 2.31. The summed E-state index contributed by atoms with van der Waals surface area (Å²) in [6.07, 6.45) is -2.99. The van der Waals surface area contributed by atoms with Gasteiger partial charge in [-0.05, 0) is 36.4 Å². The molecule has 3 rings (SSSR count). The topological polar surface area (TPSA) is 107 Å². The first kappa shape index (κ1) is 28.9. The molecular weight excluding hydrogens is 547 g/mol. The standard InChI is InChI=1S/C24H23ClF3N5O4S/c1-4-9-33-20(12-29-22(35)14-5-8-18(36-2)19(10-14)37-3)31-32-23(33)38-13-21(34)30-17-11-15(24(26,27)28)6-7-16(17)25/h4-8,10-11H,1,9,12-13H2,2-3H3,(H,29,35)(H,30,34). The zero-order chi connectivity index (χ0) is 27.9. The lowest BCUT2D eigenvalue weighted by Crippen LogP contribution is -2.25. The van der Waals surface area contributed by atoms with Crippen LogP contribution in [0.2, 0.25) is 5.02 Å². The summed E-state index contributed by atoms with van der Waals surface area (Å²) in [6, 6.07) is 7.40. The van der Waals surface area contributed by atoms with E-state index in [0.717, 1.165) is 30.0 Å². The van der Waals surface area contributed by atoms with E-state index in [-0.39, 0.29) is 35.5 Å². The Balaban J connectivity index is 1.65. The number of amides is 2. The summed E-state index contributed by atoms with van der Waals surface area (Å²) in [6.45, 7) is 4.02. The largest absolute Gasteiger partial charge is 0.493 e. The molecule has 0 aliphatic rings. The highest BCUT2D eigenvalue weighted by Crippen LogP contribution is 2.34. The zero-order valence-corrected chi connectivity index (χ0v) is 21.8. The third-order valence-corrected chi connectivity index (χ3v) is 6.35. The number of aromatic nitrogens is 3. The monoisotopic (exact) mass is 569 g/mol. The van der Waals surface area contributed by atoms with Gasteiger partial charge in [0.15, 0.2) is 22.5 Å². The van der Waals surface area contributed by atoms with Gasteiger partial charge in [0, 0.05) is 12.1 Å². The first-order valence-electron chi connectivity index (χ1n) is 10.9. The van der Waals surface area contributed by atoms with E-state index < -0.39 is 17.6 Å². The van der Waals surface area contributed by atoms with Gasteiger partial charge < -0.3 is 24.7 Å². The number of benzene rings is 2. The molecule has 9 nitrogen and oxygen atoms in total. The van der Waals surface area contributed by atoms with Gasteiger partial charge in [0.25, 0.3) is 5.91 Å². The molecule has 1 aromatic heterocycles. The Bertz CT molecular complexity index is 1330. The summed E-state index contributed by atoms with van der Waals surface area (Å²) >= 11 is 6.95. The van der Waals surface area contributed by atoms with Crippen molar-refractivity contribution in [1.82, 2.24) is 20.1 Å². The van der Waals surface area contributed by atoms with Crippen LogP contribution in [0.3, 0.4) is 0 Å². The number of rotatable bonds is 11. The number of allylic oxidation sites excluding steroid dienone is 1. The van der Waals surface area contributed by atoms with Crippen LogP contribution in [0.15, 0.2) is 54.2 Å². The van der Waals surface area contributed by atoms with Crippen molar-refractivity contribution in [2.24, 2.45) is 0 Å². The number of nitrogens with one attached hydrogen (secondary N) is 2. The van der Waals surface area contributed by atoms with Crippen molar-refractivity contribution in [3.63, 3.8) is 0 Å². The normalized spacial score (nSPS) is 11.1. The fourth-order valence-corrected chi connectivity index (χ4v) is 4.15. The van der Waals surface area contributed by atoms with Crippen molar-refractivity contribution < 1.29 is 32.2 Å². The van der Waals surface area contributed by atoms with Crippen molar-refractivity contribution in [2.75, 3.05) is 25.3 Å². The molecule has 14 heteroatoms. The first-order chi connectivity index (χ1) is 18.1. The average Bonchev–Trinajstić information content (AvgIpc) is 3.27. The molecule has 2 N–H and O–H groups in total. The molecule has 2 aromatic carbocycles. The lowest BCUT2D eigenvalue weighted by atomic mass is 10.2. The number of methoxy groups -OCH3 is 2. The van der Waals surface area contributed by atoms with E-state index in [9.17, 15) is 22.8 Å². The van der Waals surface area contributed by atoms with Gasteiger partial charge in [0.1, 0.15) is 0 Å². The summed E-state index contributed by atoms with van der Waals surface area (Å²) in [5.74, 6) is 0.134. The number of hydrogen-bond donors (Lipinski definition) is 2. The first-order valence-corrected chi connectivity index (χ1v) is 12.3. The molecule has 0 spiro atoms. The van der Waals surface area contributed by atoms with Crippen LogP contribution in [-0.4, -0.2) is 46.6 Å². The van der Waals surface area contributed by atoms with E-state index in [2.05, 4.69) is 27.4 Å². The van der Waals surface area contributed by atoms with Gasteiger partial charge in [-0.2, -0.15) is 13.2 Å².